The highest BCUT2D eigenvalue weighted by molar-refractivity contribution is 5.95. The topological polar surface area (TPSA) is 73.5 Å². The van der Waals surface area contributed by atoms with E-state index in [-0.39, 0.29) is 18.0 Å². The quantitative estimate of drug-likeness (QED) is 0.702. The first-order valence-electron chi connectivity index (χ1n) is 7.77. The summed E-state index contributed by atoms with van der Waals surface area (Å²) in [5.74, 6) is -0.208. The van der Waals surface area contributed by atoms with E-state index < -0.39 is 0 Å². The van der Waals surface area contributed by atoms with E-state index in [1.807, 2.05) is 0 Å². The molecule has 1 saturated carbocycles. The average molecular weight is 282 g/mol. The van der Waals surface area contributed by atoms with E-state index in [1.54, 1.807) is 0 Å². The molecule has 0 radical (unpaired) electrons. The van der Waals surface area contributed by atoms with Gasteiger partial charge in [-0.25, -0.2) is 4.79 Å². The van der Waals surface area contributed by atoms with Crippen molar-refractivity contribution in [3.8, 4) is 0 Å². The van der Waals surface area contributed by atoms with Gasteiger partial charge in [-0.1, -0.05) is 19.3 Å². The highest BCUT2D eigenvalue weighted by Gasteiger charge is 2.18. The molecule has 2 rings (SSSR count). The van der Waals surface area contributed by atoms with Crippen molar-refractivity contribution in [3.05, 3.63) is 0 Å². The van der Waals surface area contributed by atoms with Gasteiger partial charge >= 0.3 is 6.03 Å². The molecular formula is C14H26N4O2. The molecule has 2 fully saturated rings. The fourth-order valence-corrected chi connectivity index (χ4v) is 2.90. The number of amides is 3. The van der Waals surface area contributed by atoms with Gasteiger partial charge in [-0.3, -0.25) is 15.0 Å². The first-order valence-corrected chi connectivity index (χ1v) is 7.77. The molecule has 0 aromatic rings. The summed E-state index contributed by atoms with van der Waals surface area (Å²) in [5.41, 5.74) is 0. The molecule has 0 aromatic carbocycles. The summed E-state index contributed by atoms with van der Waals surface area (Å²) in [5, 5.41) is 8.63. The van der Waals surface area contributed by atoms with Crippen LogP contribution in [0.4, 0.5) is 4.79 Å². The van der Waals surface area contributed by atoms with Crippen molar-refractivity contribution in [1.29, 1.82) is 0 Å². The average Bonchev–Trinajstić information content (AvgIpc) is 2.68. The van der Waals surface area contributed by atoms with E-state index in [0.29, 0.717) is 6.54 Å². The van der Waals surface area contributed by atoms with E-state index in [9.17, 15) is 9.59 Å². The summed E-state index contributed by atoms with van der Waals surface area (Å²) in [4.78, 5) is 25.7. The van der Waals surface area contributed by atoms with Crippen molar-refractivity contribution in [2.24, 2.45) is 0 Å². The Morgan fingerprint density at radius 3 is 2.65 bits per heavy atom. The van der Waals surface area contributed by atoms with Gasteiger partial charge in [-0.2, -0.15) is 0 Å². The third-order valence-electron chi connectivity index (χ3n) is 3.99. The van der Waals surface area contributed by atoms with Crippen molar-refractivity contribution in [2.75, 3.05) is 32.7 Å². The molecule has 114 valence electrons. The lowest BCUT2D eigenvalue weighted by molar-refractivity contribution is -0.121. The minimum Gasteiger partial charge on any atom is -0.335 e. The zero-order valence-electron chi connectivity index (χ0n) is 12.1. The molecule has 0 atom stereocenters. The van der Waals surface area contributed by atoms with Crippen LogP contribution in [0.3, 0.4) is 0 Å². The number of hydrogen-bond donors (Lipinski definition) is 3. The highest BCUT2D eigenvalue weighted by atomic mass is 16.2. The lowest BCUT2D eigenvalue weighted by atomic mass is 9.96. The maximum atomic E-state index is 11.8. The molecule has 0 unspecified atom stereocenters. The first-order chi connectivity index (χ1) is 9.74. The monoisotopic (exact) mass is 282 g/mol. The van der Waals surface area contributed by atoms with Gasteiger partial charge < -0.3 is 10.6 Å². The predicted molar refractivity (Wildman–Crippen MR) is 77.5 cm³/mol. The summed E-state index contributed by atoms with van der Waals surface area (Å²) in [7, 11) is 0. The van der Waals surface area contributed by atoms with Crippen LogP contribution in [-0.4, -0.2) is 55.6 Å². The Labute approximate surface area is 120 Å². The van der Waals surface area contributed by atoms with Crippen LogP contribution in [0.2, 0.25) is 0 Å². The summed E-state index contributed by atoms with van der Waals surface area (Å²) >= 11 is 0. The maximum Gasteiger partial charge on any atom is 0.321 e. The molecule has 0 aromatic heterocycles. The smallest absolute Gasteiger partial charge is 0.321 e. The first kappa shape index (κ1) is 15.3. The Bertz CT molecular complexity index is 321. The van der Waals surface area contributed by atoms with E-state index in [2.05, 4.69) is 20.9 Å². The molecule has 3 N–H and O–H groups in total. The number of carbonyl (C=O) groups excluding carboxylic acids is 2. The van der Waals surface area contributed by atoms with E-state index in [1.165, 1.54) is 19.3 Å². The zero-order valence-corrected chi connectivity index (χ0v) is 12.1. The van der Waals surface area contributed by atoms with Crippen molar-refractivity contribution < 1.29 is 9.59 Å². The number of urea groups is 1. The van der Waals surface area contributed by atoms with Gasteiger partial charge in [0.2, 0.25) is 5.91 Å². The van der Waals surface area contributed by atoms with Gasteiger partial charge in [-0.05, 0) is 32.4 Å². The number of nitrogens with one attached hydrogen (secondary N) is 3. The molecule has 6 heteroatoms. The van der Waals surface area contributed by atoms with Gasteiger partial charge in [0, 0.05) is 19.1 Å². The van der Waals surface area contributed by atoms with Crippen molar-refractivity contribution in [2.45, 2.75) is 44.6 Å². The van der Waals surface area contributed by atoms with Crippen LogP contribution in [0.25, 0.3) is 0 Å². The van der Waals surface area contributed by atoms with E-state index >= 15 is 0 Å². The number of carbonyl (C=O) groups is 2. The Hall–Kier alpha value is -1.14. The molecule has 1 heterocycles. The van der Waals surface area contributed by atoms with Gasteiger partial charge in [0.1, 0.15) is 0 Å². The van der Waals surface area contributed by atoms with Crippen LogP contribution < -0.4 is 16.0 Å². The number of hydrogen-bond acceptors (Lipinski definition) is 4. The van der Waals surface area contributed by atoms with Crippen molar-refractivity contribution in [1.82, 2.24) is 20.9 Å². The normalized spacial score (nSPS) is 22.0. The number of nitrogens with zero attached hydrogens (tertiary/aromatic N) is 1. The fourth-order valence-electron chi connectivity index (χ4n) is 2.90. The molecule has 20 heavy (non-hydrogen) atoms. The second kappa shape index (κ2) is 8.21. The molecular weight excluding hydrogens is 256 g/mol. The lowest BCUT2D eigenvalue weighted by Crippen LogP contribution is -2.48. The third-order valence-corrected chi connectivity index (χ3v) is 3.99. The van der Waals surface area contributed by atoms with Crippen LogP contribution in [0.15, 0.2) is 0 Å². The third kappa shape index (κ3) is 5.46. The highest BCUT2D eigenvalue weighted by Crippen LogP contribution is 2.17. The fraction of sp³-hybridized carbons (Fsp3) is 0.857. The van der Waals surface area contributed by atoms with Crippen LogP contribution in [0.1, 0.15) is 38.5 Å². The molecule has 2 aliphatic rings. The second-order valence-electron chi connectivity index (χ2n) is 5.74. The molecule has 1 aliphatic carbocycles. The Kier molecular flexibility index (Phi) is 6.26. The van der Waals surface area contributed by atoms with Crippen molar-refractivity contribution >= 4 is 11.9 Å². The predicted octanol–water partition coefficient (Wildman–Crippen LogP) is 0.440. The Morgan fingerprint density at radius 2 is 1.85 bits per heavy atom. The molecule has 0 bridgehead atoms. The Balaban J connectivity index is 1.66. The van der Waals surface area contributed by atoms with Crippen molar-refractivity contribution in [3.63, 3.8) is 0 Å². The minimum absolute atomic E-state index is 0.208. The van der Waals surface area contributed by atoms with Gasteiger partial charge in [0.05, 0.1) is 6.54 Å². The minimum atomic E-state index is -0.338. The van der Waals surface area contributed by atoms with Crippen LogP contribution >= 0.6 is 0 Å². The maximum absolute atomic E-state index is 11.8. The van der Waals surface area contributed by atoms with Crippen LogP contribution in [0, 0.1) is 0 Å². The number of imide groups is 1. The summed E-state index contributed by atoms with van der Waals surface area (Å²) < 4.78 is 0. The van der Waals surface area contributed by atoms with Crippen LogP contribution in [0.5, 0.6) is 0 Å². The molecule has 6 nitrogen and oxygen atoms in total. The number of rotatable bonds is 3. The standard InChI is InChI=1S/C14H26N4O2/c19-13(11-18-9-4-7-15-8-10-18)17-14(20)16-12-5-2-1-3-6-12/h12,15H,1-11H2,(H2,16,17,19,20). The Morgan fingerprint density at radius 1 is 1.05 bits per heavy atom. The summed E-state index contributed by atoms with van der Waals surface area (Å²) in [6.07, 6.45) is 6.68. The van der Waals surface area contributed by atoms with Gasteiger partial charge in [-0.15, -0.1) is 0 Å². The SMILES string of the molecule is O=C(CN1CCCNCC1)NC(=O)NC1CCCCC1. The largest absolute Gasteiger partial charge is 0.335 e. The van der Waals surface area contributed by atoms with E-state index in [4.69, 9.17) is 0 Å². The molecule has 0 spiro atoms. The molecule has 1 saturated heterocycles. The van der Waals surface area contributed by atoms with Gasteiger partial charge in [0.15, 0.2) is 0 Å². The molecule has 1 aliphatic heterocycles. The lowest BCUT2D eigenvalue weighted by Gasteiger charge is -2.23. The summed E-state index contributed by atoms with van der Waals surface area (Å²) in [6, 6.07) is -0.103. The van der Waals surface area contributed by atoms with E-state index in [0.717, 1.165) is 45.4 Å². The molecule has 3 amide bonds. The second-order valence-corrected chi connectivity index (χ2v) is 5.74. The van der Waals surface area contributed by atoms with Gasteiger partial charge in [0.25, 0.3) is 0 Å². The summed E-state index contributed by atoms with van der Waals surface area (Å²) in [6.45, 7) is 3.98. The van der Waals surface area contributed by atoms with Crippen LogP contribution in [-0.2, 0) is 4.79 Å². The zero-order chi connectivity index (χ0) is 14.2.